The Morgan fingerprint density at radius 2 is 1.51 bits per heavy atom. The summed E-state index contributed by atoms with van der Waals surface area (Å²) in [6, 6.07) is 15.3. The molecule has 1 fully saturated rings. The molecule has 0 aromatic heterocycles. The molecule has 0 aliphatic carbocycles. The van der Waals surface area contributed by atoms with Gasteiger partial charge >= 0.3 is 5.97 Å². The average molecular weight is 786 g/mol. The number of amides is 7. The Kier molecular flexibility index (Phi) is 15.2. The Morgan fingerprint density at radius 1 is 0.842 bits per heavy atom. The number of hydrogen-bond acceptors (Lipinski definition) is 8. The summed E-state index contributed by atoms with van der Waals surface area (Å²) < 4.78 is 0. The van der Waals surface area contributed by atoms with Gasteiger partial charge in [-0.2, -0.15) is 0 Å². The van der Waals surface area contributed by atoms with Crippen LogP contribution >= 0.6 is 0 Å². The third-order valence-corrected chi connectivity index (χ3v) is 10.2. The second-order valence-corrected chi connectivity index (χ2v) is 14.4. The van der Waals surface area contributed by atoms with Gasteiger partial charge in [0.15, 0.2) is 0 Å². The summed E-state index contributed by atoms with van der Waals surface area (Å²) in [5.41, 5.74) is 7.07. The number of carboxylic acids is 1. The first-order valence-corrected chi connectivity index (χ1v) is 19.0. The van der Waals surface area contributed by atoms with Crippen molar-refractivity contribution in [3.63, 3.8) is 0 Å². The number of rotatable bonds is 19. The van der Waals surface area contributed by atoms with E-state index in [1.165, 1.54) is 4.90 Å². The lowest BCUT2D eigenvalue weighted by Gasteiger charge is -2.32. The second-order valence-electron chi connectivity index (χ2n) is 14.4. The van der Waals surface area contributed by atoms with Gasteiger partial charge in [-0.05, 0) is 58.9 Å². The van der Waals surface area contributed by atoms with Crippen LogP contribution in [-0.2, 0) is 40.0 Å². The van der Waals surface area contributed by atoms with Gasteiger partial charge in [-0.25, -0.2) is 0 Å². The average Bonchev–Trinajstić information content (AvgIpc) is 3.53. The molecule has 3 aromatic carbocycles. The van der Waals surface area contributed by atoms with Gasteiger partial charge in [0.25, 0.3) is 5.91 Å². The van der Waals surface area contributed by atoms with E-state index in [2.05, 4.69) is 26.6 Å². The molecule has 16 heteroatoms. The smallest absolute Gasteiger partial charge is 0.305 e. The van der Waals surface area contributed by atoms with Crippen molar-refractivity contribution in [1.29, 1.82) is 0 Å². The normalized spacial score (nSPS) is 16.4. The summed E-state index contributed by atoms with van der Waals surface area (Å²) in [5, 5.41) is 24.3. The van der Waals surface area contributed by atoms with Crippen LogP contribution in [-0.4, -0.2) is 94.6 Å². The largest absolute Gasteiger partial charge is 0.481 e. The third-order valence-electron chi connectivity index (χ3n) is 10.2. The maximum absolute atomic E-state index is 13.7. The van der Waals surface area contributed by atoms with Crippen molar-refractivity contribution in [3.8, 4) is 0 Å². The molecule has 7 amide bonds. The number of anilines is 1. The molecular formula is C41H51N7O9. The number of benzene rings is 3. The predicted octanol–water partition coefficient (Wildman–Crippen LogP) is 1.86. The van der Waals surface area contributed by atoms with E-state index < -0.39 is 84.5 Å². The van der Waals surface area contributed by atoms with Gasteiger partial charge < -0.3 is 42.3 Å². The number of nitrogens with one attached hydrogen (secondary N) is 5. The minimum Gasteiger partial charge on any atom is -0.481 e. The highest BCUT2D eigenvalue weighted by molar-refractivity contribution is 6.06. The zero-order valence-electron chi connectivity index (χ0n) is 32.5. The molecule has 1 aliphatic heterocycles. The van der Waals surface area contributed by atoms with Crippen molar-refractivity contribution in [3.05, 3.63) is 77.9 Å². The molecule has 8 N–H and O–H groups in total. The summed E-state index contributed by atoms with van der Waals surface area (Å²) in [6.45, 7) is 6.58. The molecule has 6 atom stereocenters. The number of carboxylic acid groups (broad SMARTS) is 1. The van der Waals surface area contributed by atoms with E-state index in [9.17, 15) is 43.5 Å². The Labute approximate surface area is 330 Å². The highest BCUT2D eigenvalue weighted by Crippen LogP contribution is 2.23. The first-order valence-electron chi connectivity index (χ1n) is 19.0. The minimum atomic E-state index is -1.59. The fourth-order valence-electron chi connectivity index (χ4n) is 6.60. The van der Waals surface area contributed by atoms with Crippen LogP contribution in [0.2, 0.25) is 0 Å². The van der Waals surface area contributed by atoms with E-state index in [4.69, 9.17) is 5.73 Å². The third kappa shape index (κ3) is 11.8. The number of carbonyl (C=O) groups excluding carboxylic acids is 7. The van der Waals surface area contributed by atoms with Crippen LogP contribution in [0.1, 0.15) is 69.3 Å². The number of carbonyl (C=O) groups is 8. The van der Waals surface area contributed by atoms with Crippen LogP contribution < -0.4 is 32.3 Å². The number of aliphatic carboxylic acids is 1. The fraction of sp³-hybridized carbons (Fsp3) is 0.415. The first kappa shape index (κ1) is 43.4. The number of hydrogen-bond donors (Lipinski definition) is 7. The van der Waals surface area contributed by atoms with Crippen molar-refractivity contribution in [1.82, 2.24) is 26.2 Å². The van der Waals surface area contributed by atoms with Crippen LogP contribution in [0, 0.1) is 11.8 Å². The molecule has 16 nitrogen and oxygen atoms in total. The molecule has 57 heavy (non-hydrogen) atoms. The standard InChI is InChI=1S/C41H51N7O9/c1-5-23(3)35(37(42)53)47-33(50)22-43-39(55)31(21-34(51)52)46-40(56)36(24(4)6-2)48-18-17-30(41(48)57)45-32(49)19-25-11-15-29(16-12-25)44-38(54)28-14-13-26-9-7-8-10-27(26)20-28/h7-16,20,23-24,30-31,35-36H,5-6,17-19,21-22H2,1-4H3,(H2,42,53)(H,43,55)(H,44,54)(H,45,49)(H,46,56)(H,47,50)(H,51,52)/t23-,24-,30?,31-,35-,36-/m0/s1. The molecule has 1 aliphatic rings. The highest BCUT2D eigenvalue weighted by Gasteiger charge is 2.42. The molecule has 0 spiro atoms. The lowest BCUT2D eigenvalue weighted by Crippen LogP contribution is -2.58. The quantitative estimate of drug-likeness (QED) is 0.0937. The fourth-order valence-corrected chi connectivity index (χ4v) is 6.60. The van der Waals surface area contributed by atoms with Crippen molar-refractivity contribution < 1.29 is 43.5 Å². The van der Waals surface area contributed by atoms with Gasteiger partial charge in [0.2, 0.25) is 35.4 Å². The second kappa shape index (κ2) is 20.0. The Bertz CT molecular complexity index is 1990. The van der Waals surface area contributed by atoms with E-state index in [-0.39, 0.29) is 31.2 Å². The summed E-state index contributed by atoms with van der Waals surface area (Å²) >= 11 is 0. The summed E-state index contributed by atoms with van der Waals surface area (Å²) in [4.78, 5) is 104. The molecule has 1 heterocycles. The Morgan fingerprint density at radius 3 is 2.14 bits per heavy atom. The lowest BCUT2D eigenvalue weighted by molar-refractivity contribution is -0.144. The zero-order chi connectivity index (χ0) is 41.8. The molecule has 304 valence electrons. The molecule has 0 saturated carbocycles. The molecule has 1 unspecified atom stereocenters. The van der Waals surface area contributed by atoms with Gasteiger partial charge in [-0.15, -0.1) is 0 Å². The maximum Gasteiger partial charge on any atom is 0.305 e. The Hall–Kier alpha value is -6.32. The van der Waals surface area contributed by atoms with Crippen LogP contribution in [0.4, 0.5) is 5.69 Å². The Balaban J connectivity index is 1.33. The van der Waals surface area contributed by atoms with E-state index in [0.717, 1.165) is 10.8 Å². The van der Waals surface area contributed by atoms with Crippen LogP contribution in [0.25, 0.3) is 10.8 Å². The molecule has 0 bridgehead atoms. The van der Waals surface area contributed by atoms with Gasteiger partial charge in [-0.3, -0.25) is 38.4 Å². The predicted molar refractivity (Wildman–Crippen MR) is 211 cm³/mol. The van der Waals surface area contributed by atoms with Crippen LogP contribution in [0.15, 0.2) is 66.7 Å². The van der Waals surface area contributed by atoms with Crippen molar-refractivity contribution in [2.45, 2.75) is 84.0 Å². The van der Waals surface area contributed by atoms with E-state index in [1.807, 2.05) is 50.2 Å². The van der Waals surface area contributed by atoms with Crippen LogP contribution in [0.5, 0.6) is 0 Å². The summed E-state index contributed by atoms with van der Waals surface area (Å²) in [6.07, 6.45) is 0.339. The SMILES string of the molecule is CC[C@H](C)[C@H](NC(=O)CNC(=O)[C@H](CC(=O)O)NC(=O)[C@H]([C@@H](C)CC)N1CCC(NC(=O)Cc2ccc(NC(=O)c3ccc4ccccc4c3)cc2)C1=O)C(N)=O. The molecule has 0 radical (unpaired) electrons. The topological polar surface area (TPSA) is 246 Å². The van der Waals surface area contributed by atoms with Crippen molar-refractivity contribution >= 4 is 63.8 Å². The highest BCUT2D eigenvalue weighted by atomic mass is 16.4. The minimum absolute atomic E-state index is 0.0528. The van der Waals surface area contributed by atoms with E-state index in [0.29, 0.717) is 29.7 Å². The summed E-state index contributed by atoms with van der Waals surface area (Å²) in [7, 11) is 0. The first-order chi connectivity index (χ1) is 27.1. The lowest BCUT2D eigenvalue weighted by atomic mass is 9.96. The van der Waals surface area contributed by atoms with Gasteiger partial charge in [0.1, 0.15) is 24.2 Å². The maximum atomic E-state index is 13.7. The summed E-state index contributed by atoms with van der Waals surface area (Å²) in [5.74, 6) is -6.52. The van der Waals surface area contributed by atoms with Crippen LogP contribution in [0.3, 0.4) is 0 Å². The van der Waals surface area contributed by atoms with Gasteiger partial charge in [-0.1, -0.05) is 83.0 Å². The number of likely N-dealkylation sites (tertiary alicyclic amines) is 1. The molecular weight excluding hydrogens is 734 g/mol. The van der Waals surface area contributed by atoms with Crippen molar-refractivity contribution in [2.75, 3.05) is 18.4 Å². The number of primary amides is 1. The van der Waals surface area contributed by atoms with Gasteiger partial charge in [0, 0.05) is 17.8 Å². The molecule has 3 aromatic rings. The monoisotopic (exact) mass is 785 g/mol. The zero-order valence-corrected chi connectivity index (χ0v) is 32.5. The number of fused-ring (bicyclic) bond motifs is 1. The number of nitrogens with zero attached hydrogens (tertiary/aromatic N) is 1. The number of nitrogens with two attached hydrogens (primary N) is 1. The van der Waals surface area contributed by atoms with Gasteiger partial charge in [0.05, 0.1) is 19.4 Å². The molecule has 1 saturated heterocycles. The van der Waals surface area contributed by atoms with Crippen molar-refractivity contribution in [2.24, 2.45) is 17.6 Å². The molecule has 4 rings (SSSR count). The van der Waals surface area contributed by atoms with E-state index >= 15 is 0 Å². The van der Waals surface area contributed by atoms with E-state index in [1.54, 1.807) is 44.2 Å².